The van der Waals surface area contributed by atoms with Gasteiger partial charge in [-0.1, -0.05) is 42.3 Å². The summed E-state index contributed by atoms with van der Waals surface area (Å²) in [6, 6.07) is 12.4. The second-order valence-corrected chi connectivity index (χ2v) is 10.0. The van der Waals surface area contributed by atoms with Crippen LogP contribution in [0.3, 0.4) is 0 Å². The van der Waals surface area contributed by atoms with Gasteiger partial charge in [0.1, 0.15) is 5.75 Å². The van der Waals surface area contributed by atoms with Crippen LogP contribution in [-0.2, 0) is 20.7 Å². The topological polar surface area (TPSA) is 70.6 Å². The van der Waals surface area contributed by atoms with Crippen molar-refractivity contribution >= 4 is 40.3 Å². The fourth-order valence-electron chi connectivity index (χ4n) is 3.73. The van der Waals surface area contributed by atoms with E-state index in [0.29, 0.717) is 48.1 Å². The van der Waals surface area contributed by atoms with E-state index in [0.717, 1.165) is 6.42 Å². The Bertz CT molecular complexity index is 1100. The second-order valence-electron chi connectivity index (χ2n) is 7.80. The molecule has 0 radical (unpaired) electrons. The molecule has 0 aromatic heterocycles. The van der Waals surface area contributed by atoms with Gasteiger partial charge in [-0.3, -0.25) is 0 Å². The van der Waals surface area contributed by atoms with Crippen molar-refractivity contribution in [3.63, 3.8) is 0 Å². The Hall–Kier alpha value is -2.12. The molecule has 3 atom stereocenters. The lowest BCUT2D eigenvalue weighted by Crippen LogP contribution is -2.31. The maximum absolute atomic E-state index is 13.9. The lowest BCUT2D eigenvalue weighted by atomic mass is 9.86. The molecule has 0 saturated heterocycles. The van der Waals surface area contributed by atoms with Crippen molar-refractivity contribution in [2.24, 2.45) is 0 Å². The second kappa shape index (κ2) is 10.9. The van der Waals surface area contributed by atoms with Gasteiger partial charge in [0.25, 0.3) is 0 Å². The van der Waals surface area contributed by atoms with Crippen LogP contribution in [0.4, 0.5) is 0 Å². The summed E-state index contributed by atoms with van der Waals surface area (Å²) in [6.07, 6.45) is 0.967. The van der Waals surface area contributed by atoms with Crippen molar-refractivity contribution in [1.82, 2.24) is 5.32 Å². The molecule has 5 nitrogen and oxygen atoms in total. The molecule has 0 bridgehead atoms. The van der Waals surface area contributed by atoms with Crippen LogP contribution >= 0.6 is 23.2 Å². The van der Waals surface area contributed by atoms with Gasteiger partial charge in [-0.15, -0.1) is 0 Å². The van der Waals surface area contributed by atoms with Crippen LogP contribution in [0.15, 0.2) is 69.2 Å². The molecule has 1 heterocycles. The van der Waals surface area contributed by atoms with Gasteiger partial charge in [-0.2, -0.15) is 0 Å². The number of nitrogens with one attached hydrogen (secondary N) is 1. The Morgan fingerprint density at radius 3 is 2.42 bits per heavy atom. The number of benzene rings is 2. The van der Waals surface area contributed by atoms with Crippen molar-refractivity contribution in [3.8, 4) is 5.75 Å². The van der Waals surface area contributed by atoms with Crippen LogP contribution in [0.5, 0.6) is 5.75 Å². The molecule has 0 spiro atoms. The Morgan fingerprint density at radius 2 is 1.82 bits per heavy atom. The van der Waals surface area contributed by atoms with Crippen molar-refractivity contribution in [3.05, 3.63) is 79.9 Å². The monoisotopic (exact) mass is 507 g/mol. The molecule has 33 heavy (non-hydrogen) atoms. The first-order valence-corrected chi connectivity index (χ1v) is 12.5. The highest BCUT2D eigenvalue weighted by atomic mass is 35.5. The van der Waals surface area contributed by atoms with Crippen molar-refractivity contribution in [2.45, 2.75) is 51.0 Å². The predicted octanol–water partition coefficient (Wildman–Crippen LogP) is 6.34. The zero-order chi connectivity index (χ0) is 24.3. The summed E-state index contributed by atoms with van der Waals surface area (Å²) >= 11 is 11.3. The molecule has 1 aliphatic heterocycles. The highest BCUT2D eigenvalue weighted by molar-refractivity contribution is 7.95. The molecule has 176 valence electrons. The highest BCUT2D eigenvalue weighted by Crippen LogP contribution is 2.46. The minimum Gasteiger partial charge on any atom is -0.607 e. The quantitative estimate of drug-likeness (QED) is 0.349. The predicted molar refractivity (Wildman–Crippen MR) is 133 cm³/mol. The van der Waals surface area contributed by atoms with Crippen LogP contribution in [0, 0.1) is 0 Å². The Labute approximate surface area is 207 Å². The summed E-state index contributed by atoms with van der Waals surface area (Å²) in [5.74, 6) is -0.514. The normalized spacial score (nSPS) is 18.0. The number of dihydropyridines is 1. The standard InChI is InChI=1S/C25H27Cl2NO4S/c1-6-14(2)32-17-10-12-18(13-11-17)33(30)24-16(4)28-15(3)21(25(29)31-5)22(24)19-8-7-9-20(26)23(19)27/h7-14,22,28H,6H2,1-5H3. The van der Waals surface area contributed by atoms with E-state index in [9.17, 15) is 9.35 Å². The SMILES string of the molecule is CCC(C)Oc1ccc([S+]([O-])C2=C(C)NC(C)=C(C(=O)OC)C2c2cccc(Cl)c2Cl)cc1. The molecule has 2 aromatic rings. The number of hydrogen-bond donors (Lipinski definition) is 1. The molecule has 0 aliphatic carbocycles. The van der Waals surface area contributed by atoms with Gasteiger partial charge in [-0.05, 0) is 63.1 Å². The number of allylic oxidation sites excluding steroid dienone is 3. The maximum atomic E-state index is 13.9. The van der Waals surface area contributed by atoms with Gasteiger partial charge >= 0.3 is 5.97 Å². The largest absolute Gasteiger partial charge is 0.607 e. The average Bonchev–Trinajstić information content (AvgIpc) is 2.80. The Kier molecular flexibility index (Phi) is 8.40. The van der Waals surface area contributed by atoms with Crippen molar-refractivity contribution in [1.29, 1.82) is 0 Å². The number of hydrogen-bond acceptors (Lipinski definition) is 5. The average molecular weight is 508 g/mol. The third kappa shape index (κ3) is 5.35. The summed E-state index contributed by atoms with van der Waals surface area (Å²) in [7, 11) is 1.32. The molecule has 3 rings (SSSR count). The van der Waals surface area contributed by atoms with Crippen LogP contribution in [0.1, 0.15) is 45.6 Å². The number of ether oxygens (including phenoxy) is 2. The first-order chi connectivity index (χ1) is 15.7. The van der Waals surface area contributed by atoms with E-state index in [1.807, 2.05) is 13.8 Å². The van der Waals surface area contributed by atoms with Gasteiger partial charge in [0.2, 0.25) is 0 Å². The van der Waals surface area contributed by atoms with Crippen molar-refractivity contribution < 1.29 is 18.8 Å². The third-order valence-electron chi connectivity index (χ3n) is 5.55. The lowest BCUT2D eigenvalue weighted by Gasteiger charge is -2.31. The number of carbonyl (C=O) groups is 1. The number of halogens is 2. The number of esters is 1. The van der Waals surface area contributed by atoms with E-state index in [-0.39, 0.29) is 6.10 Å². The molecule has 1 aliphatic rings. The van der Waals surface area contributed by atoms with Gasteiger partial charge in [-0.25, -0.2) is 4.79 Å². The van der Waals surface area contributed by atoms with Crippen LogP contribution in [0.2, 0.25) is 10.0 Å². The summed E-state index contributed by atoms with van der Waals surface area (Å²) in [6.45, 7) is 7.66. The number of carbonyl (C=O) groups excluding carboxylic acids is 1. The van der Waals surface area contributed by atoms with E-state index < -0.39 is 23.1 Å². The van der Waals surface area contributed by atoms with E-state index in [2.05, 4.69) is 12.2 Å². The van der Waals surface area contributed by atoms with Gasteiger partial charge in [0, 0.05) is 16.9 Å². The van der Waals surface area contributed by atoms with E-state index in [1.54, 1.807) is 49.4 Å². The molecule has 3 unspecified atom stereocenters. The fraction of sp³-hybridized carbons (Fsp3) is 0.320. The Balaban J connectivity index is 2.10. The summed E-state index contributed by atoms with van der Waals surface area (Å²) in [4.78, 5) is 13.9. The summed E-state index contributed by atoms with van der Waals surface area (Å²) in [5.41, 5.74) is 2.22. The highest BCUT2D eigenvalue weighted by Gasteiger charge is 2.42. The minimum absolute atomic E-state index is 0.0823. The van der Waals surface area contributed by atoms with Crippen LogP contribution in [-0.4, -0.2) is 23.7 Å². The molecule has 2 aromatic carbocycles. The first kappa shape index (κ1) is 25.5. The van der Waals surface area contributed by atoms with Gasteiger partial charge < -0.3 is 19.3 Å². The molecule has 1 N–H and O–H groups in total. The molecule has 0 amide bonds. The molecule has 0 saturated carbocycles. The lowest BCUT2D eigenvalue weighted by molar-refractivity contribution is -0.136. The zero-order valence-electron chi connectivity index (χ0n) is 19.2. The number of rotatable bonds is 7. The van der Waals surface area contributed by atoms with E-state index in [4.69, 9.17) is 32.7 Å². The third-order valence-corrected chi connectivity index (χ3v) is 8.02. The van der Waals surface area contributed by atoms with E-state index >= 15 is 0 Å². The molecular weight excluding hydrogens is 481 g/mol. The molecular formula is C25H27Cl2NO4S. The zero-order valence-corrected chi connectivity index (χ0v) is 21.5. The fourth-order valence-corrected chi connectivity index (χ4v) is 5.57. The minimum atomic E-state index is -1.60. The maximum Gasteiger partial charge on any atom is 0.336 e. The van der Waals surface area contributed by atoms with E-state index in [1.165, 1.54) is 7.11 Å². The van der Waals surface area contributed by atoms with Crippen LogP contribution in [0.25, 0.3) is 0 Å². The number of methoxy groups -OCH3 is 1. The van der Waals surface area contributed by atoms with Gasteiger partial charge in [0.05, 0.1) is 40.4 Å². The van der Waals surface area contributed by atoms with Crippen LogP contribution < -0.4 is 10.1 Å². The van der Waals surface area contributed by atoms with Gasteiger partial charge in [0.15, 0.2) is 9.80 Å². The summed E-state index contributed by atoms with van der Waals surface area (Å²) < 4.78 is 24.8. The smallest absolute Gasteiger partial charge is 0.336 e. The molecule has 8 heteroatoms. The van der Waals surface area contributed by atoms with Crippen molar-refractivity contribution in [2.75, 3.05) is 7.11 Å². The summed E-state index contributed by atoms with van der Waals surface area (Å²) in [5, 5.41) is 3.85. The first-order valence-electron chi connectivity index (χ1n) is 10.6. The Morgan fingerprint density at radius 1 is 1.15 bits per heavy atom. The molecule has 0 fully saturated rings.